The summed E-state index contributed by atoms with van der Waals surface area (Å²) in [4.78, 5) is 62.0. The van der Waals surface area contributed by atoms with Gasteiger partial charge in [0.1, 0.15) is 12.0 Å². The Morgan fingerprint density at radius 3 is 2.35 bits per heavy atom. The molecule has 0 radical (unpaired) electrons. The Bertz CT molecular complexity index is 1490. The van der Waals surface area contributed by atoms with E-state index in [4.69, 9.17) is 9.84 Å². The summed E-state index contributed by atoms with van der Waals surface area (Å²) in [6.07, 6.45) is 0.493. The van der Waals surface area contributed by atoms with Gasteiger partial charge in [-0.15, -0.1) is 0 Å². The minimum atomic E-state index is -1.27. The number of amides is 1. The quantitative estimate of drug-likeness (QED) is 0.209. The fourth-order valence-electron chi connectivity index (χ4n) is 4.55. The average Bonchev–Trinajstić information content (AvgIpc) is 3.09. The normalized spacial score (nSPS) is 12.2. The number of nitrogens with one attached hydrogen (secondary N) is 1. The van der Waals surface area contributed by atoms with E-state index in [1.54, 1.807) is 49.6 Å². The molecule has 1 aliphatic carbocycles. The molecule has 0 spiro atoms. The van der Waals surface area contributed by atoms with E-state index in [1.165, 1.54) is 6.07 Å². The number of carbonyl (C=O) groups is 4. The molecule has 0 bridgehead atoms. The topological polar surface area (TPSA) is 132 Å². The van der Waals surface area contributed by atoms with Crippen molar-refractivity contribution in [3.63, 3.8) is 0 Å². The molecule has 0 saturated heterocycles. The number of unbranched alkanes of at least 4 members (excludes halogenated alkanes) is 1. The van der Waals surface area contributed by atoms with Crippen LogP contribution in [0.4, 0.5) is 5.69 Å². The van der Waals surface area contributed by atoms with Gasteiger partial charge in [-0.2, -0.15) is 0 Å². The maximum Gasteiger partial charge on any atom is 0.312 e. The van der Waals surface area contributed by atoms with E-state index < -0.39 is 23.9 Å². The second kappa shape index (κ2) is 10.0. The third-order valence-corrected chi connectivity index (χ3v) is 5.95. The summed E-state index contributed by atoms with van der Waals surface area (Å²) in [5.74, 6) is -2.50. The lowest BCUT2D eigenvalue weighted by Crippen LogP contribution is -2.25. The van der Waals surface area contributed by atoms with E-state index in [0.29, 0.717) is 40.6 Å². The highest BCUT2D eigenvalue weighted by atomic mass is 16.6. The molecule has 2 N–H and O–H groups in total. The van der Waals surface area contributed by atoms with Gasteiger partial charge in [0, 0.05) is 35.2 Å². The van der Waals surface area contributed by atoms with Crippen LogP contribution in [0, 0.1) is 0 Å². The number of esters is 1. The number of carboxylic acid groups (broad SMARTS) is 1. The number of hydrogen-bond donors (Lipinski definition) is 2. The van der Waals surface area contributed by atoms with E-state index >= 15 is 0 Å². The van der Waals surface area contributed by atoms with Crippen LogP contribution in [-0.4, -0.2) is 38.9 Å². The highest BCUT2D eigenvalue weighted by Crippen LogP contribution is 2.39. The molecule has 0 atom stereocenters. The molecule has 37 heavy (non-hydrogen) atoms. The number of carboxylic acids is 1. The molecule has 1 aliphatic rings. The number of ether oxygens (including phenoxy) is 1. The molecule has 9 nitrogen and oxygen atoms in total. The second-order valence-corrected chi connectivity index (χ2v) is 9.98. The van der Waals surface area contributed by atoms with Crippen molar-refractivity contribution in [1.29, 1.82) is 0 Å². The first-order chi connectivity index (χ1) is 17.5. The molecule has 192 valence electrons. The van der Waals surface area contributed by atoms with Crippen LogP contribution in [-0.2, 0) is 25.7 Å². The van der Waals surface area contributed by atoms with Crippen LogP contribution < -0.4 is 10.9 Å². The highest BCUT2D eigenvalue weighted by Gasteiger charge is 2.32. The van der Waals surface area contributed by atoms with Gasteiger partial charge in [-0.05, 0) is 45.7 Å². The summed E-state index contributed by atoms with van der Waals surface area (Å²) in [6, 6.07) is 11.7. The molecular formula is C28H28N2O7. The number of pyridine rings is 1. The van der Waals surface area contributed by atoms with Crippen LogP contribution in [0.2, 0.25) is 0 Å². The van der Waals surface area contributed by atoms with Crippen LogP contribution in [0.25, 0.3) is 22.0 Å². The SMILES string of the molecule is CC(C)(C)OC(=O)CCCCn1c2c(c3ccc(NC(=O)CC(=O)O)cc3c1=O)C(=O)c1ccccc1-2. The monoisotopic (exact) mass is 504 g/mol. The fraction of sp³-hybridized carbons (Fsp3) is 0.321. The zero-order chi connectivity index (χ0) is 26.9. The van der Waals surface area contributed by atoms with E-state index in [9.17, 15) is 24.0 Å². The van der Waals surface area contributed by atoms with E-state index in [0.717, 1.165) is 0 Å². The van der Waals surface area contributed by atoms with Crippen molar-refractivity contribution in [2.24, 2.45) is 0 Å². The van der Waals surface area contributed by atoms with Gasteiger partial charge in [-0.1, -0.05) is 30.3 Å². The number of fused-ring (bicyclic) bond motifs is 5. The highest BCUT2D eigenvalue weighted by molar-refractivity contribution is 6.26. The van der Waals surface area contributed by atoms with E-state index in [-0.39, 0.29) is 41.4 Å². The van der Waals surface area contributed by atoms with E-state index in [2.05, 4.69) is 5.32 Å². The van der Waals surface area contributed by atoms with Gasteiger partial charge in [-0.25, -0.2) is 0 Å². The van der Waals surface area contributed by atoms with Crippen molar-refractivity contribution >= 4 is 40.1 Å². The van der Waals surface area contributed by atoms with Crippen molar-refractivity contribution in [2.75, 3.05) is 5.32 Å². The lowest BCUT2D eigenvalue weighted by Gasteiger charge is -2.19. The van der Waals surface area contributed by atoms with E-state index in [1.807, 2.05) is 12.1 Å². The van der Waals surface area contributed by atoms with Crippen LogP contribution in [0.5, 0.6) is 0 Å². The predicted octanol–water partition coefficient (Wildman–Crippen LogP) is 4.14. The summed E-state index contributed by atoms with van der Waals surface area (Å²) in [7, 11) is 0. The molecular weight excluding hydrogens is 476 g/mol. The Morgan fingerprint density at radius 1 is 0.973 bits per heavy atom. The van der Waals surface area contributed by atoms with Crippen molar-refractivity contribution in [2.45, 2.75) is 58.6 Å². The van der Waals surface area contributed by atoms with Crippen molar-refractivity contribution < 1.29 is 29.0 Å². The van der Waals surface area contributed by atoms with Crippen LogP contribution >= 0.6 is 0 Å². The minimum absolute atomic E-state index is 0.194. The maximum absolute atomic E-state index is 13.7. The predicted molar refractivity (Wildman–Crippen MR) is 138 cm³/mol. The summed E-state index contributed by atoms with van der Waals surface area (Å²) in [5.41, 5.74) is 1.47. The molecule has 4 rings (SSSR count). The number of rotatable bonds is 8. The molecule has 0 fully saturated rings. The Balaban J connectivity index is 1.72. The van der Waals surface area contributed by atoms with Crippen molar-refractivity contribution in [3.8, 4) is 11.3 Å². The zero-order valence-electron chi connectivity index (χ0n) is 20.9. The van der Waals surface area contributed by atoms with Gasteiger partial charge in [-0.3, -0.25) is 24.0 Å². The van der Waals surface area contributed by atoms with Gasteiger partial charge in [0.2, 0.25) is 5.91 Å². The molecule has 1 amide bonds. The Morgan fingerprint density at radius 2 is 1.68 bits per heavy atom. The average molecular weight is 505 g/mol. The van der Waals surface area contributed by atoms with Crippen molar-refractivity contribution in [3.05, 3.63) is 63.9 Å². The molecule has 2 aromatic carbocycles. The Hall–Kier alpha value is -4.27. The fourth-order valence-corrected chi connectivity index (χ4v) is 4.55. The Kier molecular flexibility index (Phi) is 6.98. The lowest BCUT2D eigenvalue weighted by molar-refractivity contribution is -0.155. The number of anilines is 1. The van der Waals surface area contributed by atoms with Gasteiger partial charge in [0.05, 0.1) is 16.6 Å². The first-order valence-electron chi connectivity index (χ1n) is 12.0. The van der Waals surface area contributed by atoms with Gasteiger partial charge in [0.25, 0.3) is 5.56 Å². The number of aliphatic carboxylic acids is 1. The third kappa shape index (κ3) is 5.45. The number of hydrogen-bond acceptors (Lipinski definition) is 6. The first kappa shape index (κ1) is 25.8. The zero-order valence-corrected chi connectivity index (χ0v) is 20.9. The summed E-state index contributed by atoms with van der Waals surface area (Å²) < 4.78 is 6.91. The number of nitrogens with zero attached hydrogens (tertiary/aromatic N) is 1. The molecule has 9 heteroatoms. The van der Waals surface area contributed by atoms with Gasteiger partial charge < -0.3 is 19.7 Å². The number of ketones is 1. The van der Waals surface area contributed by atoms with Gasteiger partial charge in [0.15, 0.2) is 5.78 Å². The summed E-state index contributed by atoms with van der Waals surface area (Å²) in [6.45, 7) is 5.68. The van der Waals surface area contributed by atoms with Gasteiger partial charge >= 0.3 is 11.9 Å². The molecule has 0 aliphatic heterocycles. The maximum atomic E-state index is 13.7. The summed E-state index contributed by atoms with van der Waals surface area (Å²) >= 11 is 0. The van der Waals surface area contributed by atoms with Crippen LogP contribution in [0.3, 0.4) is 0 Å². The minimum Gasteiger partial charge on any atom is -0.481 e. The number of carbonyl (C=O) groups excluding carboxylic acids is 3. The second-order valence-electron chi connectivity index (χ2n) is 9.98. The number of benzene rings is 2. The molecule has 3 aromatic rings. The summed E-state index contributed by atoms with van der Waals surface area (Å²) in [5, 5.41) is 12.0. The third-order valence-electron chi connectivity index (χ3n) is 5.95. The largest absolute Gasteiger partial charge is 0.481 e. The number of aromatic nitrogens is 1. The standard InChI is InChI=1S/C28H28N2O7/c1-28(2,3)37-23(34)10-6-7-13-30-25-18-8-4-5-9-19(18)26(35)24(25)17-12-11-16(14-20(17)27(30)36)29-21(31)15-22(32)33/h4-5,8-9,11-12,14H,6-7,10,13,15H2,1-3H3,(H,29,31)(H,32,33). The van der Waals surface area contributed by atoms with Crippen LogP contribution in [0.15, 0.2) is 47.3 Å². The lowest BCUT2D eigenvalue weighted by atomic mass is 10.0. The smallest absolute Gasteiger partial charge is 0.312 e. The van der Waals surface area contributed by atoms with Crippen LogP contribution in [0.1, 0.15) is 62.4 Å². The molecule has 0 saturated carbocycles. The molecule has 0 unspecified atom stereocenters. The van der Waals surface area contributed by atoms with Crippen molar-refractivity contribution in [1.82, 2.24) is 4.57 Å². The first-order valence-corrected chi connectivity index (χ1v) is 12.0. The Labute approximate surface area is 213 Å². The molecule has 1 aromatic heterocycles. The molecule has 1 heterocycles.